The van der Waals surface area contributed by atoms with Crippen molar-refractivity contribution in [2.45, 2.75) is 6.18 Å². The molecule has 0 atom stereocenters. The zero-order valence-corrected chi connectivity index (χ0v) is 7.69. The van der Waals surface area contributed by atoms with Crippen LogP contribution in [0.5, 0.6) is 0 Å². The third kappa shape index (κ3) is 2.27. The fourth-order valence-electron chi connectivity index (χ4n) is 0.708. The van der Waals surface area contributed by atoms with E-state index in [1.165, 1.54) is 12.3 Å². The standard InChI is InChI=1S/C7H3BrF3NO/c8-6-4(2-1-3-12-6)5(13)7(9,10)11/h1-3H. The van der Waals surface area contributed by atoms with Crippen LogP contribution >= 0.6 is 15.9 Å². The summed E-state index contributed by atoms with van der Waals surface area (Å²) in [6.07, 6.45) is -3.57. The first-order chi connectivity index (χ1) is 5.93. The van der Waals surface area contributed by atoms with E-state index in [9.17, 15) is 18.0 Å². The second kappa shape index (κ2) is 3.45. The molecule has 0 bridgehead atoms. The molecule has 1 heterocycles. The van der Waals surface area contributed by atoms with Gasteiger partial charge in [0.1, 0.15) is 4.60 Å². The molecule has 0 unspecified atom stereocenters. The summed E-state index contributed by atoms with van der Waals surface area (Å²) in [5, 5.41) is 0. The van der Waals surface area contributed by atoms with Gasteiger partial charge in [0, 0.05) is 6.20 Å². The molecule has 0 fully saturated rings. The highest BCUT2D eigenvalue weighted by Gasteiger charge is 2.40. The van der Waals surface area contributed by atoms with E-state index in [0.29, 0.717) is 0 Å². The molecule has 70 valence electrons. The number of carbonyl (C=O) groups is 1. The highest BCUT2D eigenvalue weighted by molar-refractivity contribution is 9.10. The van der Waals surface area contributed by atoms with Crippen LogP contribution in [0.15, 0.2) is 22.9 Å². The fourth-order valence-corrected chi connectivity index (χ4v) is 1.14. The van der Waals surface area contributed by atoms with Crippen molar-refractivity contribution in [1.82, 2.24) is 4.98 Å². The van der Waals surface area contributed by atoms with E-state index >= 15 is 0 Å². The number of alkyl halides is 3. The van der Waals surface area contributed by atoms with Crippen molar-refractivity contribution in [2.24, 2.45) is 0 Å². The van der Waals surface area contributed by atoms with Crippen LogP contribution in [0.2, 0.25) is 0 Å². The van der Waals surface area contributed by atoms with Crippen LogP contribution in [0.1, 0.15) is 10.4 Å². The lowest BCUT2D eigenvalue weighted by Gasteiger charge is -2.05. The van der Waals surface area contributed by atoms with Gasteiger partial charge in [0.2, 0.25) is 0 Å². The topological polar surface area (TPSA) is 30.0 Å². The number of carbonyl (C=O) groups excluding carboxylic acids is 1. The first-order valence-electron chi connectivity index (χ1n) is 3.15. The molecule has 0 aliphatic carbocycles. The van der Waals surface area contributed by atoms with E-state index in [1.54, 1.807) is 0 Å². The minimum atomic E-state index is -4.86. The molecule has 0 saturated carbocycles. The summed E-state index contributed by atoms with van der Waals surface area (Å²) < 4.78 is 35.7. The van der Waals surface area contributed by atoms with Crippen LogP contribution in [0, 0.1) is 0 Å². The van der Waals surface area contributed by atoms with Gasteiger partial charge in [0.05, 0.1) is 5.56 Å². The Balaban J connectivity index is 3.10. The number of hydrogen-bond donors (Lipinski definition) is 0. The Morgan fingerprint density at radius 2 is 2.08 bits per heavy atom. The first-order valence-corrected chi connectivity index (χ1v) is 3.94. The number of aromatic nitrogens is 1. The third-order valence-corrected chi connectivity index (χ3v) is 1.89. The zero-order chi connectivity index (χ0) is 10.1. The number of Topliss-reactive ketones (excluding diaryl/α,β-unsaturated/α-hetero) is 1. The van der Waals surface area contributed by atoms with Crippen molar-refractivity contribution in [3.63, 3.8) is 0 Å². The SMILES string of the molecule is O=C(c1cccnc1Br)C(F)(F)F. The summed E-state index contributed by atoms with van der Waals surface area (Å²) in [6, 6.07) is 2.33. The molecule has 2 nitrogen and oxygen atoms in total. The van der Waals surface area contributed by atoms with Crippen LogP contribution in [0.3, 0.4) is 0 Å². The highest BCUT2D eigenvalue weighted by atomic mass is 79.9. The predicted molar refractivity (Wildman–Crippen MR) is 42.3 cm³/mol. The van der Waals surface area contributed by atoms with E-state index in [4.69, 9.17) is 0 Å². The molecule has 13 heavy (non-hydrogen) atoms. The Hall–Kier alpha value is -0.910. The van der Waals surface area contributed by atoms with Crippen LogP contribution < -0.4 is 0 Å². The van der Waals surface area contributed by atoms with Gasteiger partial charge >= 0.3 is 6.18 Å². The molecular formula is C7H3BrF3NO. The summed E-state index contributed by atoms with van der Waals surface area (Å²) in [4.78, 5) is 14.2. The summed E-state index contributed by atoms with van der Waals surface area (Å²) in [5.41, 5.74) is -0.477. The molecule has 1 aromatic rings. The lowest BCUT2D eigenvalue weighted by Crippen LogP contribution is -2.23. The summed E-state index contributed by atoms with van der Waals surface area (Å²) in [5.74, 6) is -1.90. The Bertz CT molecular complexity index is 337. The molecule has 0 radical (unpaired) electrons. The Morgan fingerprint density at radius 1 is 1.46 bits per heavy atom. The number of ketones is 1. The number of pyridine rings is 1. The number of hydrogen-bond acceptors (Lipinski definition) is 2. The van der Waals surface area contributed by atoms with Crippen molar-refractivity contribution >= 4 is 21.7 Å². The average Bonchev–Trinajstić information content (AvgIpc) is 2.02. The first kappa shape index (κ1) is 10.2. The van der Waals surface area contributed by atoms with Crippen LogP contribution in [0.4, 0.5) is 13.2 Å². The van der Waals surface area contributed by atoms with Gasteiger partial charge < -0.3 is 0 Å². The second-order valence-electron chi connectivity index (χ2n) is 2.17. The Morgan fingerprint density at radius 3 is 2.54 bits per heavy atom. The molecule has 0 aliphatic heterocycles. The molecule has 0 aliphatic rings. The van der Waals surface area contributed by atoms with E-state index < -0.39 is 17.5 Å². The Labute approximate surface area is 79.9 Å². The van der Waals surface area contributed by atoms with Crippen LogP contribution in [-0.2, 0) is 0 Å². The van der Waals surface area contributed by atoms with Crippen molar-refractivity contribution in [3.8, 4) is 0 Å². The largest absolute Gasteiger partial charge is 0.454 e. The fraction of sp³-hybridized carbons (Fsp3) is 0.143. The van der Waals surface area contributed by atoms with Gasteiger partial charge in [-0.3, -0.25) is 4.79 Å². The molecular weight excluding hydrogens is 251 g/mol. The monoisotopic (exact) mass is 253 g/mol. The quantitative estimate of drug-likeness (QED) is 0.569. The number of halogens is 4. The lowest BCUT2D eigenvalue weighted by atomic mass is 10.2. The minimum Gasteiger partial charge on any atom is -0.284 e. The van der Waals surface area contributed by atoms with Crippen molar-refractivity contribution in [1.29, 1.82) is 0 Å². The van der Waals surface area contributed by atoms with Gasteiger partial charge in [0.15, 0.2) is 0 Å². The average molecular weight is 254 g/mol. The maximum Gasteiger partial charge on any atom is 0.454 e. The molecule has 0 saturated heterocycles. The number of rotatable bonds is 1. The number of nitrogens with zero attached hydrogens (tertiary/aromatic N) is 1. The highest BCUT2D eigenvalue weighted by Crippen LogP contribution is 2.24. The van der Waals surface area contributed by atoms with Crippen LogP contribution in [-0.4, -0.2) is 16.9 Å². The van der Waals surface area contributed by atoms with E-state index in [1.807, 2.05) is 0 Å². The van der Waals surface area contributed by atoms with Gasteiger partial charge in [-0.05, 0) is 28.1 Å². The van der Waals surface area contributed by atoms with E-state index in [0.717, 1.165) is 6.07 Å². The van der Waals surface area contributed by atoms with Gasteiger partial charge in [-0.15, -0.1) is 0 Å². The molecule has 1 aromatic heterocycles. The summed E-state index contributed by atoms with van der Waals surface area (Å²) in [6.45, 7) is 0. The normalized spacial score (nSPS) is 11.4. The molecule has 6 heteroatoms. The smallest absolute Gasteiger partial charge is 0.284 e. The molecule has 0 spiro atoms. The molecule has 1 rings (SSSR count). The molecule has 0 N–H and O–H groups in total. The van der Waals surface area contributed by atoms with Crippen molar-refractivity contribution < 1.29 is 18.0 Å². The van der Waals surface area contributed by atoms with Gasteiger partial charge in [0.25, 0.3) is 5.78 Å². The van der Waals surface area contributed by atoms with Gasteiger partial charge in [-0.25, -0.2) is 4.98 Å². The second-order valence-corrected chi connectivity index (χ2v) is 2.92. The van der Waals surface area contributed by atoms with E-state index in [-0.39, 0.29) is 4.60 Å². The maximum atomic E-state index is 11.9. The summed E-state index contributed by atoms with van der Waals surface area (Å²) >= 11 is 2.76. The summed E-state index contributed by atoms with van der Waals surface area (Å²) in [7, 11) is 0. The maximum absolute atomic E-state index is 11.9. The van der Waals surface area contributed by atoms with E-state index in [2.05, 4.69) is 20.9 Å². The molecule has 0 amide bonds. The van der Waals surface area contributed by atoms with Crippen molar-refractivity contribution in [2.75, 3.05) is 0 Å². The predicted octanol–water partition coefficient (Wildman–Crippen LogP) is 2.59. The lowest BCUT2D eigenvalue weighted by molar-refractivity contribution is -0.0886. The minimum absolute atomic E-state index is 0.0997. The van der Waals surface area contributed by atoms with Crippen molar-refractivity contribution in [3.05, 3.63) is 28.5 Å². The Kier molecular flexibility index (Phi) is 2.70. The van der Waals surface area contributed by atoms with Crippen LogP contribution in [0.25, 0.3) is 0 Å². The zero-order valence-electron chi connectivity index (χ0n) is 6.10. The molecule has 0 aromatic carbocycles. The van der Waals surface area contributed by atoms with Gasteiger partial charge in [-0.1, -0.05) is 0 Å². The van der Waals surface area contributed by atoms with Gasteiger partial charge in [-0.2, -0.15) is 13.2 Å². The third-order valence-electron chi connectivity index (χ3n) is 1.26.